The van der Waals surface area contributed by atoms with Gasteiger partial charge < -0.3 is 15.0 Å². The standard InChI is InChI=1S/C13H20N2O3/c1-3-9-13(17)15(7(2)12(16)14-9)10-6-8-4-5-11(10)18-8/h7-11H,3-6H2,1-2H3,(H,14,16). The summed E-state index contributed by atoms with van der Waals surface area (Å²) in [6.07, 6.45) is 4.10. The molecule has 1 N–H and O–H groups in total. The summed E-state index contributed by atoms with van der Waals surface area (Å²) in [6, 6.07) is -0.618. The lowest BCUT2D eigenvalue weighted by atomic mass is 9.91. The van der Waals surface area contributed by atoms with Crippen molar-refractivity contribution in [3.05, 3.63) is 0 Å². The van der Waals surface area contributed by atoms with E-state index in [2.05, 4.69) is 5.32 Å². The second-order valence-corrected chi connectivity index (χ2v) is 5.57. The molecule has 5 nitrogen and oxygen atoms in total. The van der Waals surface area contributed by atoms with Crippen molar-refractivity contribution in [1.82, 2.24) is 10.2 Å². The van der Waals surface area contributed by atoms with E-state index in [4.69, 9.17) is 4.74 Å². The number of carbonyl (C=O) groups excluding carboxylic acids is 2. The van der Waals surface area contributed by atoms with Crippen LogP contribution in [0.2, 0.25) is 0 Å². The van der Waals surface area contributed by atoms with Gasteiger partial charge in [-0.25, -0.2) is 0 Å². The van der Waals surface area contributed by atoms with Crippen molar-refractivity contribution in [3.8, 4) is 0 Å². The van der Waals surface area contributed by atoms with E-state index in [1.54, 1.807) is 4.90 Å². The maximum atomic E-state index is 12.4. The highest BCUT2D eigenvalue weighted by Gasteiger charge is 2.50. The third kappa shape index (κ3) is 1.64. The summed E-state index contributed by atoms with van der Waals surface area (Å²) >= 11 is 0. The molecule has 0 aromatic heterocycles. The number of amides is 2. The van der Waals surface area contributed by atoms with Gasteiger partial charge in [-0.05, 0) is 32.6 Å². The largest absolute Gasteiger partial charge is 0.373 e. The Morgan fingerprint density at radius 2 is 2.17 bits per heavy atom. The van der Waals surface area contributed by atoms with Crippen LogP contribution in [-0.4, -0.2) is 47.0 Å². The van der Waals surface area contributed by atoms with Gasteiger partial charge in [0, 0.05) is 0 Å². The molecule has 0 aromatic carbocycles. The lowest BCUT2D eigenvalue weighted by Crippen LogP contribution is -2.66. The monoisotopic (exact) mass is 252 g/mol. The van der Waals surface area contributed by atoms with E-state index in [1.165, 1.54) is 0 Å². The second-order valence-electron chi connectivity index (χ2n) is 5.57. The number of nitrogens with one attached hydrogen (secondary N) is 1. The van der Waals surface area contributed by atoms with Crippen LogP contribution in [0.4, 0.5) is 0 Å². The van der Waals surface area contributed by atoms with Gasteiger partial charge in [-0.1, -0.05) is 6.92 Å². The minimum Gasteiger partial charge on any atom is -0.373 e. The Morgan fingerprint density at radius 1 is 1.39 bits per heavy atom. The normalized spacial score (nSPS) is 43.4. The summed E-state index contributed by atoms with van der Waals surface area (Å²) in [5.41, 5.74) is 0. The predicted molar refractivity (Wildman–Crippen MR) is 64.8 cm³/mol. The summed E-state index contributed by atoms with van der Waals surface area (Å²) in [5.74, 6) is 0.0231. The van der Waals surface area contributed by atoms with Gasteiger partial charge >= 0.3 is 0 Å². The molecule has 0 aromatic rings. The molecule has 18 heavy (non-hydrogen) atoms. The van der Waals surface area contributed by atoms with Gasteiger partial charge in [0.25, 0.3) is 0 Å². The number of carbonyl (C=O) groups is 2. The van der Waals surface area contributed by atoms with Crippen molar-refractivity contribution < 1.29 is 14.3 Å². The molecule has 3 fully saturated rings. The maximum absolute atomic E-state index is 12.4. The van der Waals surface area contributed by atoms with Gasteiger partial charge in [-0.2, -0.15) is 0 Å². The number of hydrogen-bond donors (Lipinski definition) is 1. The average molecular weight is 252 g/mol. The minimum absolute atomic E-state index is 0.0378. The molecule has 0 saturated carbocycles. The number of ether oxygens (including phenoxy) is 1. The third-order valence-corrected chi connectivity index (χ3v) is 4.51. The molecule has 3 aliphatic rings. The van der Waals surface area contributed by atoms with Crippen LogP contribution in [0.3, 0.4) is 0 Å². The first-order valence-electron chi connectivity index (χ1n) is 6.89. The highest BCUT2D eigenvalue weighted by Crippen LogP contribution is 2.38. The Labute approximate surface area is 107 Å². The average Bonchev–Trinajstić information content (AvgIpc) is 2.96. The zero-order chi connectivity index (χ0) is 12.9. The molecular formula is C13H20N2O3. The summed E-state index contributed by atoms with van der Waals surface area (Å²) in [5, 5.41) is 2.79. The highest BCUT2D eigenvalue weighted by atomic mass is 16.5. The molecule has 5 unspecified atom stereocenters. The van der Waals surface area contributed by atoms with Crippen LogP contribution < -0.4 is 5.32 Å². The Kier molecular flexibility index (Phi) is 2.81. The van der Waals surface area contributed by atoms with Crippen molar-refractivity contribution >= 4 is 11.8 Å². The van der Waals surface area contributed by atoms with E-state index < -0.39 is 0 Å². The van der Waals surface area contributed by atoms with E-state index in [1.807, 2.05) is 13.8 Å². The van der Waals surface area contributed by atoms with E-state index in [-0.39, 0.29) is 36.0 Å². The molecule has 3 saturated heterocycles. The first-order valence-corrected chi connectivity index (χ1v) is 6.89. The van der Waals surface area contributed by atoms with Gasteiger partial charge in [0.15, 0.2) is 0 Å². The number of rotatable bonds is 2. The molecule has 5 atom stereocenters. The molecule has 0 aliphatic carbocycles. The molecule has 2 bridgehead atoms. The minimum atomic E-state index is -0.367. The Morgan fingerprint density at radius 3 is 2.72 bits per heavy atom. The summed E-state index contributed by atoms with van der Waals surface area (Å²) in [6.45, 7) is 3.74. The van der Waals surface area contributed by atoms with Crippen LogP contribution >= 0.6 is 0 Å². The predicted octanol–water partition coefficient (Wildman–Crippen LogP) is 0.432. The topological polar surface area (TPSA) is 58.6 Å². The lowest BCUT2D eigenvalue weighted by Gasteiger charge is -2.42. The van der Waals surface area contributed by atoms with Gasteiger partial charge in [-0.3, -0.25) is 9.59 Å². The number of piperazine rings is 1. The highest BCUT2D eigenvalue weighted by molar-refractivity contribution is 5.96. The molecule has 3 aliphatic heterocycles. The first kappa shape index (κ1) is 12.0. The maximum Gasteiger partial charge on any atom is 0.246 e. The quantitative estimate of drug-likeness (QED) is 0.775. The van der Waals surface area contributed by atoms with Crippen LogP contribution in [-0.2, 0) is 14.3 Å². The fourth-order valence-electron chi connectivity index (χ4n) is 3.48. The van der Waals surface area contributed by atoms with Gasteiger partial charge in [-0.15, -0.1) is 0 Å². The van der Waals surface area contributed by atoms with Crippen LogP contribution in [0.1, 0.15) is 39.5 Å². The third-order valence-electron chi connectivity index (χ3n) is 4.51. The number of hydrogen-bond acceptors (Lipinski definition) is 3. The van der Waals surface area contributed by atoms with E-state index in [0.29, 0.717) is 12.5 Å². The summed E-state index contributed by atoms with van der Waals surface area (Å²) in [4.78, 5) is 26.2. The van der Waals surface area contributed by atoms with Crippen molar-refractivity contribution in [2.45, 2.75) is 69.9 Å². The van der Waals surface area contributed by atoms with E-state index in [0.717, 1.165) is 19.3 Å². The van der Waals surface area contributed by atoms with Crippen molar-refractivity contribution in [2.24, 2.45) is 0 Å². The summed E-state index contributed by atoms with van der Waals surface area (Å²) < 4.78 is 5.81. The van der Waals surface area contributed by atoms with Crippen molar-refractivity contribution in [3.63, 3.8) is 0 Å². The van der Waals surface area contributed by atoms with Gasteiger partial charge in [0.2, 0.25) is 11.8 Å². The molecule has 3 rings (SSSR count). The molecule has 0 radical (unpaired) electrons. The Hall–Kier alpha value is -1.10. The molecule has 100 valence electrons. The molecule has 0 spiro atoms. The Bertz CT molecular complexity index is 384. The van der Waals surface area contributed by atoms with Gasteiger partial charge in [0.1, 0.15) is 12.1 Å². The zero-order valence-electron chi connectivity index (χ0n) is 10.9. The van der Waals surface area contributed by atoms with Crippen molar-refractivity contribution in [1.29, 1.82) is 0 Å². The fourth-order valence-corrected chi connectivity index (χ4v) is 3.48. The van der Waals surface area contributed by atoms with Crippen LogP contribution in [0.5, 0.6) is 0 Å². The molecule has 3 heterocycles. The van der Waals surface area contributed by atoms with Gasteiger partial charge in [0.05, 0.1) is 18.2 Å². The van der Waals surface area contributed by atoms with E-state index >= 15 is 0 Å². The summed E-state index contributed by atoms with van der Waals surface area (Å²) in [7, 11) is 0. The van der Waals surface area contributed by atoms with E-state index in [9.17, 15) is 9.59 Å². The van der Waals surface area contributed by atoms with Crippen molar-refractivity contribution in [2.75, 3.05) is 0 Å². The first-order chi connectivity index (χ1) is 8.61. The SMILES string of the molecule is CCC1NC(=O)C(C)N(C2CC3CCC2O3)C1=O. The zero-order valence-corrected chi connectivity index (χ0v) is 10.9. The Balaban J connectivity index is 1.84. The van der Waals surface area contributed by atoms with Crippen LogP contribution in [0, 0.1) is 0 Å². The molecular weight excluding hydrogens is 232 g/mol. The number of nitrogens with zero attached hydrogens (tertiary/aromatic N) is 1. The molecule has 5 heteroatoms. The van der Waals surface area contributed by atoms with Crippen LogP contribution in [0.15, 0.2) is 0 Å². The van der Waals surface area contributed by atoms with Crippen LogP contribution in [0.25, 0.3) is 0 Å². The molecule has 2 amide bonds. The fraction of sp³-hybridized carbons (Fsp3) is 0.846. The smallest absolute Gasteiger partial charge is 0.246 e. The lowest BCUT2D eigenvalue weighted by molar-refractivity contribution is -0.152. The second kappa shape index (κ2) is 4.23. The number of fused-ring (bicyclic) bond motifs is 2.